The Kier molecular flexibility index (Phi) is 4.76. The first-order valence-corrected chi connectivity index (χ1v) is 10.1. The van der Waals surface area contributed by atoms with Gasteiger partial charge < -0.3 is 4.90 Å². The average Bonchev–Trinajstić information content (AvgIpc) is 2.95. The molecule has 3 aliphatic heterocycles. The van der Waals surface area contributed by atoms with Gasteiger partial charge in [0.2, 0.25) is 11.8 Å². The maximum Gasteiger partial charge on any atom is 0.330 e. The average molecular weight is 400 g/mol. The van der Waals surface area contributed by atoms with Crippen LogP contribution in [0.4, 0.5) is 16.2 Å². The van der Waals surface area contributed by atoms with Crippen molar-refractivity contribution in [3.63, 3.8) is 0 Å². The lowest BCUT2D eigenvalue weighted by molar-refractivity contribution is -0.384. The highest BCUT2D eigenvalue weighted by Gasteiger charge is 2.61. The maximum absolute atomic E-state index is 13.6. The number of nitrogens with one attached hydrogen (secondary N) is 1. The standard InChI is InChI=1S/C20H24N4O5/c1-2-9-23-18(26)20(17(25)21-19(23)27)12-13-11-14(24(28)29)7-8-15(13)22-10-5-3-4-6-16(20)22/h7-8,11,16H,2-6,9-10,12H2,1H3,(H,21,25,27)/t16-,20-/m0/s1. The van der Waals surface area contributed by atoms with E-state index in [0.717, 1.165) is 29.8 Å². The van der Waals surface area contributed by atoms with Gasteiger partial charge in [-0.25, -0.2) is 4.79 Å². The van der Waals surface area contributed by atoms with Gasteiger partial charge in [-0.15, -0.1) is 0 Å². The third-order valence-electron chi connectivity index (χ3n) is 6.32. The largest absolute Gasteiger partial charge is 0.367 e. The number of fused-ring (bicyclic) bond motifs is 4. The van der Waals surface area contributed by atoms with Gasteiger partial charge in [0.1, 0.15) is 0 Å². The van der Waals surface area contributed by atoms with Crippen molar-refractivity contribution in [3.8, 4) is 0 Å². The molecule has 2 saturated heterocycles. The van der Waals surface area contributed by atoms with Gasteiger partial charge in [0.15, 0.2) is 5.41 Å². The number of hydrogen-bond donors (Lipinski definition) is 1. The number of carbonyl (C=O) groups is 3. The van der Waals surface area contributed by atoms with E-state index in [1.165, 1.54) is 12.1 Å². The van der Waals surface area contributed by atoms with Crippen molar-refractivity contribution in [1.82, 2.24) is 10.2 Å². The summed E-state index contributed by atoms with van der Waals surface area (Å²) in [4.78, 5) is 53.1. The van der Waals surface area contributed by atoms with Crippen molar-refractivity contribution in [1.29, 1.82) is 0 Å². The SMILES string of the molecule is CCCN1C(=O)NC(=O)[C@@]2(Cc3cc([N+](=O)[O-])ccc3N3CCCCC[C@H]32)C1=O. The van der Waals surface area contributed by atoms with E-state index < -0.39 is 28.2 Å². The summed E-state index contributed by atoms with van der Waals surface area (Å²) in [5, 5.41) is 13.7. The Morgan fingerprint density at radius 1 is 1.24 bits per heavy atom. The highest BCUT2D eigenvalue weighted by molar-refractivity contribution is 6.20. The molecule has 1 aromatic carbocycles. The molecule has 0 aliphatic carbocycles. The fraction of sp³-hybridized carbons (Fsp3) is 0.550. The lowest BCUT2D eigenvalue weighted by Gasteiger charge is -2.51. The van der Waals surface area contributed by atoms with Crippen LogP contribution in [0, 0.1) is 15.5 Å². The molecule has 1 N–H and O–H groups in total. The predicted octanol–water partition coefficient (Wildman–Crippen LogP) is 2.37. The smallest absolute Gasteiger partial charge is 0.330 e. The first-order chi connectivity index (χ1) is 13.9. The van der Waals surface area contributed by atoms with Crippen molar-refractivity contribution < 1.29 is 19.3 Å². The third-order valence-corrected chi connectivity index (χ3v) is 6.32. The van der Waals surface area contributed by atoms with Gasteiger partial charge in [-0.2, -0.15) is 0 Å². The number of nitro groups is 1. The molecule has 0 aromatic heterocycles. The third kappa shape index (κ3) is 2.87. The molecule has 0 bridgehead atoms. The molecular formula is C20H24N4O5. The van der Waals surface area contributed by atoms with E-state index in [4.69, 9.17) is 0 Å². The van der Waals surface area contributed by atoms with E-state index in [-0.39, 0.29) is 24.7 Å². The number of urea groups is 1. The molecule has 4 amide bonds. The summed E-state index contributed by atoms with van der Waals surface area (Å²) >= 11 is 0. The van der Waals surface area contributed by atoms with Crippen LogP contribution in [0.15, 0.2) is 18.2 Å². The van der Waals surface area contributed by atoms with E-state index in [1.54, 1.807) is 6.07 Å². The van der Waals surface area contributed by atoms with Crippen molar-refractivity contribution in [3.05, 3.63) is 33.9 Å². The number of non-ortho nitro benzene ring substituents is 1. The number of carbonyl (C=O) groups excluding carboxylic acids is 3. The van der Waals surface area contributed by atoms with Crippen molar-refractivity contribution in [2.75, 3.05) is 18.0 Å². The Morgan fingerprint density at radius 2 is 2.03 bits per heavy atom. The molecule has 9 heteroatoms. The molecule has 0 saturated carbocycles. The number of hydrogen-bond acceptors (Lipinski definition) is 6. The van der Waals surface area contributed by atoms with Crippen LogP contribution in [0.2, 0.25) is 0 Å². The van der Waals surface area contributed by atoms with Crippen LogP contribution in [0.1, 0.15) is 44.6 Å². The molecule has 154 valence electrons. The first-order valence-electron chi connectivity index (χ1n) is 10.1. The number of barbiturate groups is 1. The van der Waals surface area contributed by atoms with Crippen molar-refractivity contribution >= 4 is 29.2 Å². The minimum absolute atomic E-state index is 0.0589. The minimum atomic E-state index is -1.45. The molecule has 3 aliphatic rings. The fourth-order valence-corrected chi connectivity index (χ4v) is 5.02. The molecule has 1 aromatic rings. The Balaban J connectivity index is 1.88. The minimum Gasteiger partial charge on any atom is -0.367 e. The summed E-state index contributed by atoms with van der Waals surface area (Å²) in [7, 11) is 0. The Morgan fingerprint density at radius 3 is 2.76 bits per heavy atom. The number of nitro benzene ring substituents is 1. The van der Waals surface area contributed by atoms with Crippen molar-refractivity contribution in [2.45, 2.75) is 51.5 Å². The van der Waals surface area contributed by atoms with E-state index >= 15 is 0 Å². The van der Waals surface area contributed by atoms with Crippen LogP contribution >= 0.6 is 0 Å². The predicted molar refractivity (Wildman–Crippen MR) is 104 cm³/mol. The zero-order valence-corrected chi connectivity index (χ0v) is 16.3. The molecular weight excluding hydrogens is 376 g/mol. The number of anilines is 1. The van der Waals surface area contributed by atoms with Gasteiger partial charge in [0, 0.05) is 37.3 Å². The number of amides is 4. The molecule has 0 unspecified atom stereocenters. The highest BCUT2D eigenvalue weighted by Crippen LogP contribution is 2.47. The highest BCUT2D eigenvalue weighted by atomic mass is 16.6. The van der Waals surface area contributed by atoms with Crippen LogP contribution < -0.4 is 10.2 Å². The first kappa shape index (κ1) is 19.4. The molecule has 2 fully saturated rings. The van der Waals surface area contributed by atoms with E-state index in [1.807, 2.05) is 6.92 Å². The van der Waals surface area contributed by atoms with Crippen LogP contribution in [0.25, 0.3) is 0 Å². The molecule has 29 heavy (non-hydrogen) atoms. The number of rotatable bonds is 3. The van der Waals surface area contributed by atoms with Gasteiger partial charge >= 0.3 is 6.03 Å². The van der Waals surface area contributed by atoms with Crippen LogP contribution in [0.5, 0.6) is 0 Å². The maximum atomic E-state index is 13.6. The molecule has 3 heterocycles. The number of benzene rings is 1. The van der Waals surface area contributed by atoms with Crippen LogP contribution in [-0.2, 0) is 16.0 Å². The monoisotopic (exact) mass is 400 g/mol. The van der Waals surface area contributed by atoms with Crippen LogP contribution in [0.3, 0.4) is 0 Å². The van der Waals surface area contributed by atoms with Crippen LogP contribution in [-0.4, -0.2) is 46.8 Å². The Labute approximate surface area is 168 Å². The second kappa shape index (κ2) is 7.13. The zero-order chi connectivity index (χ0) is 20.8. The summed E-state index contributed by atoms with van der Waals surface area (Å²) in [5.74, 6) is -1.07. The normalized spacial score (nSPS) is 26.7. The number of nitrogens with zero attached hydrogens (tertiary/aromatic N) is 3. The summed E-state index contributed by atoms with van der Waals surface area (Å²) in [6.45, 7) is 2.76. The summed E-state index contributed by atoms with van der Waals surface area (Å²) in [5.41, 5.74) is -0.0769. The lowest BCUT2D eigenvalue weighted by atomic mass is 9.67. The number of imide groups is 2. The molecule has 1 spiro atoms. The van der Waals surface area contributed by atoms with Gasteiger partial charge in [-0.1, -0.05) is 19.8 Å². The lowest BCUT2D eigenvalue weighted by Crippen LogP contribution is -2.72. The van der Waals surface area contributed by atoms with E-state index in [2.05, 4.69) is 10.2 Å². The summed E-state index contributed by atoms with van der Waals surface area (Å²) < 4.78 is 0. The van der Waals surface area contributed by atoms with Gasteiger partial charge in [0.25, 0.3) is 5.69 Å². The quantitative estimate of drug-likeness (QED) is 0.473. The van der Waals surface area contributed by atoms with E-state index in [0.29, 0.717) is 24.9 Å². The topological polar surface area (TPSA) is 113 Å². The van der Waals surface area contributed by atoms with Gasteiger partial charge in [0.05, 0.1) is 11.0 Å². The Hall–Kier alpha value is -2.97. The second-order valence-electron chi connectivity index (χ2n) is 7.99. The summed E-state index contributed by atoms with van der Waals surface area (Å²) in [6, 6.07) is 3.59. The molecule has 0 radical (unpaired) electrons. The molecule has 2 atom stereocenters. The van der Waals surface area contributed by atoms with Gasteiger partial charge in [-0.3, -0.25) is 29.9 Å². The fourth-order valence-electron chi connectivity index (χ4n) is 5.02. The van der Waals surface area contributed by atoms with E-state index in [9.17, 15) is 24.5 Å². The summed E-state index contributed by atoms with van der Waals surface area (Å²) in [6.07, 6.45) is 4.08. The van der Waals surface area contributed by atoms with Gasteiger partial charge in [-0.05, 0) is 30.9 Å². The van der Waals surface area contributed by atoms with Crippen molar-refractivity contribution in [2.24, 2.45) is 5.41 Å². The second-order valence-corrected chi connectivity index (χ2v) is 7.99. The molecule has 4 rings (SSSR count). The molecule has 9 nitrogen and oxygen atoms in total. The zero-order valence-electron chi connectivity index (χ0n) is 16.3. The Bertz CT molecular complexity index is 901.